The number of amides is 1. The highest BCUT2D eigenvalue weighted by Crippen LogP contribution is 2.37. The summed E-state index contributed by atoms with van der Waals surface area (Å²) in [5, 5.41) is 7.79. The normalized spacial score (nSPS) is 17.6. The van der Waals surface area contributed by atoms with Crippen LogP contribution in [-0.2, 0) is 7.05 Å². The summed E-state index contributed by atoms with van der Waals surface area (Å²) in [6.07, 6.45) is 4.20. The Bertz CT molecular complexity index is 656. The predicted molar refractivity (Wildman–Crippen MR) is 80.2 cm³/mol. The van der Waals surface area contributed by atoms with Crippen LogP contribution in [0, 0.1) is 0 Å². The number of fused-ring (bicyclic) bond motifs is 1. The molecule has 1 atom stereocenters. The minimum Gasteiger partial charge on any atom is -0.345 e. The third-order valence-corrected chi connectivity index (χ3v) is 4.64. The number of aromatic nitrogens is 2. The van der Waals surface area contributed by atoms with Crippen molar-refractivity contribution in [2.45, 2.75) is 17.4 Å². The summed E-state index contributed by atoms with van der Waals surface area (Å²) in [5.74, 6) is 0.896. The molecule has 6 heteroatoms. The lowest BCUT2D eigenvalue weighted by Gasteiger charge is -2.26. The topological polar surface area (TPSA) is 46.9 Å². The number of nitrogens with zero attached hydrogens (tertiary/aromatic N) is 2. The van der Waals surface area contributed by atoms with Crippen molar-refractivity contribution in [3.8, 4) is 0 Å². The molecule has 1 N–H and O–H groups in total. The van der Waals surface area contributed by atoms with Crippen molar-refractivity contribution in [1.82, 2.24) is 15.1 Å². The molecule has 1 aromatic carbocycles. The molecule has 1 aromatic heterocycles. The van der Waals surface area contributed by atoms with Crippen LogP contribution in [0.1, 0.15) is 28.4 Å². The molecule has 1 aliphatic rings. The second-order valence-electron chi connectivity index (χ2n) is 4.75. The smallest absolute Gasteiger partial charge is 0.254 e. The van der Waals surface area contributed by atoms with E-state index in [9.17, 15) is 4.79 Å². The van der Waals surface area contributed by atoms with Crippen LogP contribution in [0.15, 0.2) is 35.5 Å². The first-order valence-corrected chi connectivity index (χ1v) is 7.71. The molecule has 3 rings (SSSR count). The van der Waals surface area contributed by atoms with Crippen LogP contribution in [0.3, 0.4) is 0 Å². The number of carbonyl (C=O) groups is 1. The summed E-state index contributed by atoms with van der Waals surface area (Å²) in [7, 11) is 1.79. The Morgan fingerprint density at radius 2 is 2.40 bits per heavy atom. The van der Waals surface area contributed by atoms with Crippen LogP contribution in [0.4, 0.5) is 0 Å². The quantitative estimate of drug-likeness (QED) is 0.927. The van der Waals surface area contributed by atoms with Crippen LogP contribution < -0.4 is 5.32 Å². The fourth-order valence-corrected chi connectivity index (χ4v) is 3.58. The number of nitrogens with one attached hydrogen (secondary N) is 1. The minimum atomic E-state index is -0.0964. The van der Waals surface area contributed by atoms with Gasteiger partial charge in [-0.1, -0.05) is 11.6 Å². The standard InChI is InChI=1S/C14H14ClN3OS/c1-18-8-9(7-16-18)14(19)17-12-4-5-20-13-3-2-10(15)6-11(12)13/h2-3,6-8,12H,4-5H2,1H3,(H,17,19)/t12-/m1/s1. The number of rotatable bonds is 2. The zero-order valence-electron chi connectivity index (χ0n) is 11.0. The molecule has 104 valence electrons. The highest BCUT2D eigenvalue weighted by Gasteiger charge is 2.23. The van der Waals surface area contributed by atoms with E-state index >= 15 is 0 Å². The van der Waals surface area contributed by atoms with Gasteiger partial charge in [0.2, 0.25) is 0 Å². The maximum atomic E-state index is 12.2. The largest absolute Gasteiger partial charge is 0.345 e. The Morgan fingerprint density at radius 1 is 1.55 bits per heavy atom. The van der Waals surface area contributed by atoms with E-state index in [1.165, 1.54) is 4.90 Å². The number of thioether (sulfide) groups is 1. The number of benzene rings is 1. The Labute approximate surface area is 126 Å². The lowest BCUT2D eigenvalue weighted by molar-refractivity contribution is 0.0935. The zero-order valence-corrected chi connectivity index (χ0v) is 12.5. The van der Waals surface area contributed by atoms with Gasteiger partial charge in [-0.25, -0.2) is 0 Å². The molecular formula is C14H14ClN3OS. The fourth-order valence-electron chi connectivity index (χ4n) is 2.30. The van der Waals surface area contributed by atoms with Gasteiger partial charge in [0.15, 0.2) is 0 Å². The zero-order chi connectivity index (χ0) is 14.1. The summed E-state index contributed by atoms with van der Waals surface area (Å²) < 4.78 is 1.62. The van der Waals surface area contributed by atoms with Gasteiger partial charge in [-0.15, -0.1) is 11.8 Å². The fraction of sp³-hybridized carbons (Fsp3) is 0.286. The highest BCUT2D eigenvalue weighted by atomic mass is 35.5. The second kappa shape index (κ2) is 5.50. The Hall–Kier alpha value is -1.46. The molecule has 0 saturated carbocycles. The van der Waals surface area contributed by atoms with Gasteiger partial charge < -0.3 is 5.32 Å². The van der Waals surface area contributed by atoms with E-state index in [2.05, 4.69) is 10.4 Å². The number of hydrogen-bond donors (Lipinski definition) is 1. The average molecular weight is 308 g/mol. The van der Waals surface area contributed by atoms with Gasteiger partial charge in [0.05, 0.1) is 17.8 Å². The van der Waals surface area contributed by atoms with E-state index in [0.29, 0.717) is 10.6 Å². The maximum Gasteiger partial charge on any atom is 0.254 e. The first kappa shape index (κ1) is 13.5. The Balaban J connectivity index is 1.82. The molecule has 2 aromatic rings. The van der Waals surface area contributed by atoms with Crippen molar-refractivity contribution in [2.24, 2.45) is 7.05 Å². The van der Waals surface area contributed by atoms with Crippen molar-refractivity contribution in [3.63, 3.8) is 0 Å². The van der Waals surface area contributed by atoms with Crippen LogP contribution in [0.2, 0.25) is 5.02 Å². The van der Waals surface area contributed by atoms with Gasteiger partial charge in [0.25, 0.3) is 5.91 Å². The number of carbonyl (C=O) groups excluding carboxylic acids is 1. The first-order valence-electron chi connectivity index (χ1n) is 6.35. The molecule has 0 aliphatic carbocycles. The Kier molecular flexibility index (Phi) is 3.72. The first-order chi connectivity index (χ1) is 9.63. The van der Waals surface area contributed by atoms with E-state index in [-0.39, 0.29) is 11.9 Å². The summed E-state index contributed by atoms with van der Waals surface area (Å²) in [6.45, 7) is 0. The molecule has 0 saturated heterocycles. The van der Waals surface area contributed by atoms with Gasteiger partial charge in [0, 0.05) is 28.9 Å². The van der Waals surface area contributed by atoms with Crippen molar-refractivity contribution in [1.29, 1.82) is 0 Å². The van der Waals surface area contributed by atoms with Crippen molar-refractivity contribution in [2.75, 3.05) is 5.75 Å². The molecule has 4 nitrogen and oxygen atoms in total. The van der Waals surface area contributed by atoms with Gasteiger partial charge in [-0.3, -0.25) is 9.48 Å². The monoisotopic (exact) mass is 307 g/mol. The second-order valence-corrected chi connectivity index (χ2v) is 6.32. The maximum absolute atomic E-state index is 12.2. The molecule has 0 fully saturated rings. The summed E-state index contributed by atoms with van der Waals surface area (Å²) >= 11 is 7.87. The molecule has 0 radical (unpaired) electrons. The van der Waals surface area contributed by atoms with Gasteiger partial charge >= 0.3 is 0 Å². The van der Waals surface area contributed by atoms with Gasteiger partial charge in [-0.2, -0.15) is 5.10 Å². The third-order valence-electron chi connectivity index (χ3n) is 3.28. The van der Waals surface area contributed by atoms with Crippen molar-refractivity contribution >= 4 is 29.3 Å². The van der Waals surface area contributed by atoms with E-state index < -0.39 is 0 Å². The SMILES string of the molecule is Cn1cc(C(=O)N[C@@H]2CCSc3ccc(Cl)cc32)cn1. The highest BCUT2D eigenvalue weighted by molar-refractivity contribution is 7.99. The molecule has 2 heterocycles. The van der Waals surface area contributed by atoms with Crippen LogP contribution >= 0.6 is 23.4 Å². The molecule has 1 aliphatic heterocycles. The summed E-state index contributed by atoms with van der Waals surface area (Å²) in [5.41, 5.74) is 1.68. The molecule has 0 unspecified atom stereocenters. The van der Waals surface area contributed by atoms with Crippen LogP contribution in [-0.4, -0.2) is 21.4 Å². The van der Waals surface area contributed by atoms with E-state index in [4.69, 9.17) is 11.6 Å². The predicted octanol–water partition coefficient (Wildman–Crippen LogP) is 3.04. The van der Waals surface area contributed by atoms with Crippen LogP contribution in [0.5, 0.6) is 0 Å². The lowest BCUT2D eigenvalue weighted by atomic mass is 10.0. The van der Waals surface area contributed by atoms with Crippen molar-refractivity contribution < 1.29 is 4.79 Å². The molecule has 20 heavy (non-hydrogen) atoms. The molecule has 0 bridgehead atoms. The van der Waals surface area contributed by atoms with Gasteiger partial charge in [-0.05, 0) is 30.2 Å². The summed E-state index contributed by atoms with van der Waals surface area (Å²) in [6, 6.07) is 5.86. The Morgan fingerprint density at radius 3 is 3.15 bits per heavy atom. The van der Waals surface area contributed by atoms with Gasteiger partial charge in [0.1, 0.15) is 0 Å². The van der Waals surface area contributed by atoms with E-state index in [1.807, 2.05) is 18.2 Å². The van der Waals surface area contributed by atoms with Crippen molar-refractivity contribution in [3.05, 3.63) is 46.7 Å². The number of halogens is 1. The number of aryl methyl sites for hydroxylation is 1. The molecule has 1 amide bonds. The lowest BCUT2D eigenvalue weighted by Crippen LogP contribution is -2.30. The third kappa shape index (κ3) is 2.69. The molecule has 0 spiro atoms. The molecular weight excluding hydrogens is 294 g/mol. The average Bonchev–Trinajstić information content (AvgIpc) is 2.86. The minimum absolute atomic E-state index is 0.0117. The van der Waals surface area contributed by atoms with E-state index in [0.717, 1.165) is 17.7 Å². The number of hydrogen-bond acceptors (Lipinski definition) is 3. The van der Waals surface area contributed by atoms with Crippen LogP contribution in [0.25, 0.3) is 0 Å². The van der Waals surface area contributed by atoms with E-state index in [1.54, 1.807) is 35.9 Å². The summed E-state index contributed by atoms with van der Waals surface area (Å²) in [4.78, 5) is 13.4.